The summed E-state index contributed by atoms with van der Waals surface area (Å²) in [5.41, 5.74) is 8.95. The highest BCUT2D eigenvalue weighted by Gasteiger charge is 2.12. The fraction of sp³-hybridized carbons (Fsp3) is 0.200. The van der Waals surface area contributed by atoms with Crippen LogP contribution < -0.4 is 10.5 Å². The van der Waals surface area contributed by atoms with E-state index in [-0.39, 0.29) is 11.8 Å². The van der Waals surface area contributed by atoms with Crippen LogP contribution in [-0.2, 0) is 0 Å². The Labute approximate surface area is 120 Å². The normalized spacial score (nSPS) is 12.3. The molecule has 0 aliphatic rings. The van der Waals surface area contributed by atoms with Crippen molar-refractivity contribution in [1.29, 1.82) is 0 Å². The van der Waals surface area contributed by atoms with Crippen LogP contribution in [0.3, 0.4) is 0 Å². The van der Waals surface area contributed by atoms with Gasteiger partial charge in [0, 0.05) is 4.47 Å². The summed E-state index contributed by atoms with van der Waals surface area (Å²) in [7, 11) is 1.44. The van der Waals surface area contributed by atoms with Crippen LogP contribution >= 0.6 is 15.9 Å². The fourth-order valence-electron chi connectivity index (χ4n) is 1.87. The van der Waals surface area contributed by atoms with Crippen molar-refractivity contribution in [1.82, 2.24) is 0 Å². The van der Waals surface area contributed by atoms with E-state index < -0.39 is 5.82 Å². The van der Waals surface area contributed by atoms with E-state index >= 15 is 0 Å². The number of halogens is 2. The summed E-state index contributed by atoms with van der Waals surface area (Å²) in [4.78, 5) is 0. The molecule has 0 aliphatic carbocycles. The molecule has 0 amide bonds. The van der Waals surface area contributed by atoms with Crippen LogP contribution in [0.5, 0.6) is 5.75 Å². The third kappa shape index (κ3) is 2.96. The first-order valence-corrected chi connectivity index (χ1v) is 6.67. The molecule has 0 bridgehead atoms. The molecule has 2 aromatic carbocycles. The minimum Gasteiger partial charge on any atom is -0.494 e. The Balaban J connectivity index is 2.35. The first kappa shape index (κ1) is 14.0. The maximum Gasteiger partial charge on any atom is 0.165 e. The molecule has 19 heavy (non-hydrogen) atoms. The first-order valence-electron chi connectivity index (χ1n) is 5.88. The van der Waals surface area contributed by atoms with Gasteiger partial charge in [-0.15, -0.1) is 0 Å². The van der Waals surface area contributed by atoms with Crippen LogP contribution in [-0.4, -0.2) is 7.11 Å². The minimum absolute atomic E-state index is 0.223. The van der Waals surface area contributed by atoms with E-state index in [1.807, 2.05) is 25.1 Å². The largest absolute Gasteiger partial charge is 0.494 e. The Morgan fingerprint density at radius 2 is 1.79 bits per heavy atom. The number of hydrogen-bond donors (Lipinski definition) is 1. The van der Waals surface area contributed by atoms with Crippen LogP contribution in [0.2, 0.25) is 0 Å². The zero-order valence-corrected chi connectivity index (χ0v) is 12.4. The quantitative estimate of drug-likeness (QED) is 0.928. The Kier molecular flexibility index (Phi) is 4.22. The highest BCUT2D eigenvalue weighted by atomic mass is 79.9. The van der Waals surface area contributed by atoms with Crippen LogP contribution in [0.25, 0.3) is 0 Å². The Morgan fingerprint density at radius 3 is 2.37 bits per heavy atom. The van der Waals surface area contributed by atoms with Gasteiger partial charge in [-0.2, -0.15) is 0 Å². The molecule has 1 atom stereocenters. The van der Waals surface area contributed by atoms with E-state index in [4.69, 9.17) is 10.5 Å². The molecule has 100 valence electrons. The molecule has 2 N–H and O–H groups in total. The van der Waals surface area contributed by atoms with Crippen LogP contribution in [0.15, 0.2) is 40.9 Å². The summed E-state index contributed by atoms with van der Waals surface area (Å²) >= 11 is 3.47. The summed E-state index contributed by atoms with van der Waals surface area (Å²) in [5, 5.41) is 0. The smallest absolute Gasteiger partial charge is 0.165 e. The predicted octanol–water partition coefficient (Wildman–Crippen LogP) is 3.95. The number of benzene rings is 2. The third-order valence-electron chi connectivity index (χ3n) is 3.09. The van der Waals surface area contributed by atoms with Gasteiger partial charge in [-0.3, -0.25) is 0 Å². The summed E-state index contributed by atoms with van der Waals surface area (Å²) in [5.74, 6) is -0.178. The van der Waals surface area contributed by atoms with Crippen molar-refractivity contribution in [2.45, 2.75) is 13.0 Å². The Bertz CT molecular complexity index is 601. The van der Waals surface area contributed by atoms with Gasteiger partial charge in [0.2, 0.25) is 0 Å². The molecule has 2 aromatic rings. The van der Waals surface area contributed by atoms with Crippen molar-refractivity contribution in [2.75, 3.05) is 7.11 Å². The Hall–Kier alpha value is -1.39. The van der Waals surface area contributed by atoms with Gasteiger partial charge in [0.05, 0.1) is 13.2 Å². The zero-order valence-electron chi connectivity index (χ0n) is 10.8. The molecule has 0 spiro atoms. The highest BCUT2D eigenvalue weighted by molar-refractivity contribution is 9.10. The number of aryl methyl sites for hydroxylation is 1. The molecule has 0 aromatic heterocycles. The highest BCUT2D eigenvalue weighted by Crippen LogP contribution is 2.27. The maximum atomic E-state index is 13.7. The van der Waals surface area contributed by atoms with E-state index in [2.05, 4.69) is 15.9 Å². The lowest BCUT2D eigenvalue weighted by atomic mass is 9.98. The van der Waals surface area contributed by atoms with E-state index in [0.29, 0.717) is 5.56 Å². The third-order valence-corrected chi connectivity index (χ3v) is 3.94. The predicted molar refractivity (Wildman–Crippen MR) is 77.9 cm³/mol. The summed E-state index contributed by atoms with van der Waals surface area (Å²) in [6.07, 6.45) is 0. The van der Waals surface area contributed by atoms with Gasteiger partial charge in [0.25, 0.3) is 0 Å². The summed E-state index contributed by atoms with van der Waals surface area (Å²) < 4.78 is 19.6. The van der Waals surface area contributed by atoms with E-state index in [9.17, 15) is 4.39 Å². The monoisotopic (exact) mass is 323 g/mol. The molecule has 0 fully saturated rings. The number of hydrogen-bond acceptors (Lipinski definition) is 2. The average molecular weight is 324 g/mol. The zero-order chi connectivity index (χ0) is 14.0. The molecule has 0 saturated carbocycles. The molecule has 4 heteroatoms. The first-order chi connectivity index (χ1) is 9.02. The lowest BCUT2D eigenvalue weighted by Gasteiger charge is -2.14. The van der Waals surface area contributed by atoms with Gasteiger partial charge >= 0.3 is 0 Å². The molecular weight excluding hydrogens is 309 g/mol. The SMILES string of the molecule is COc1ccc(C(N)c2ccc(C)c(Br)c2)cc1F. The second-order valence-corrected chi connectivity index (χ2v) is 5.23. The van der Waals surface area contributed by atoms with Crippen molar-refractivity contribution in [3.8, 4) is 5.75 Å². The summed E-state index contributed by atoms with van der Waals surface area (Å²) in [6.45, 7) is 2.01. The van der Waals surface area contributed by atoms with Crippen molar-refractivity contribution in [3.05, 3.63) is 63.4 Å². The van der Waals surface area contributed by atoms with Crippen LogP contribution in [0.4, 0.5) is 4.39 Å². The molecule has 0 heterocycles. The summed E-state index contributed by atoms with van der Waals surface area (Å²) in [6, 6.07) is 10.3. The molecule has 1 unspecified atom stereocenters. The van der Waals surface area contributed by atoms with Gasteiger partial charge < -0.3 is 10.5 Å². The number of rotatable bonds is 3. The topological polar surface area (TPSA) is 35.2 Å². The van der Waals surface area contributed by atoms with Crippen molar-refractivity contribution >= 4 is 15.9 Å². The standard InChI is InChI=1S/C15H15BrFNO/c1-9-3-4-10(7-12(9)16)15(18)11-5-6-14(19-2)13(17)8-11/h3-8,15H,18H2,1-2H3. The van der Waals surface area contributed by atoms with E-state index in [1.54, 1.807) is 12.1 Å². The second kappa shape index (κ2) is 5.72. The van der Waals surface area contributed by atoms with Gasteiger partial charge in [-0.25, -0.2) is 4.39 Å². The molecule has 0 aliphatic heterocycles. The Morgan fingerprint density at radius 1 is 1.16 bits per heavy atom. The van der Waals surface area contributed by atoms with Gasteiger partial charge in [-0.05, 0) is 41.8 Å². The number of ether oxygens (including phenoxy) is 1. The maximum absolute atomic E-state index is 13.7. The number of nitrogens with two attached hydrogens (primary N) is 1. The minimum atomic E-state index is -0.401. The molecule has 0 saturated heterocycles. The van der Waals surface area contributed by atoms with Crippen molar-refractivity contribution < 1.29 is 9.13 Å². The van der Waals surface area contributed by atoms with Gasteiger partial charge in [0.1, 0.15) is 0 Å². The van der Waals surface area contributed by atoms with Crippen LogP contribution in [0, 0.1) is 12.7 Å². The fourth-order valence-corrected chi connectivity index (χ4v) is 2.27. The van der Waals surface area contributed by atoms with Gasteiger partial charge in [0.15, 0.2) is 11.6 Å². The number of methoxy groups -OCH3 is 1. The molecule has 0 radical (unpaired) electrons. The molecule has 2 rings (SSSR count). The molecule has 2 nitrogen and oxygen atoms in total. The van der Waals surface area contributed by atoms with E-state index in [0.717, 1.165) is 15.6 Å². The lowest BCUT2D eigenvalue weighted by Crippen LogP contribution is -2.12. The molecular formula is C15H15BrFNO. The van der Waals surface area contributed by atoms with Gasteiger partial charge in [-0.1, -0.05) is 34.1 Å². The second-order valence-electron chi connectivity index (χ2n) is 4.38. The lowest BCUT2D eigenvalue weighted by molar-refractivity contribution is 0.386. The average Bonchev–Trinajstić information content (AvgIpc) is 2.41. The van der Waals surface area contributed by atoms with Crippen molar-refractivity contribution in [2.24, 2.45) is 5.73 Å². The van der Waals surface area contributed by atoms with Crippen molar-refractivity contribution in [3.63, 3.8) is 0 Å². The van der Waals surface area contributed by atoms with Crippen LogP contribution in [0.1, 0.15) is 22.7 Å². The van der Waals surface area contributed by atoms with E-state index in [1.165, 1.54) is 13.2 Å².